The van der Waals surface area contributed by atoms with Gasteiger partial charge in [0.15, 0.2) is 0 Å². The molecular weight excluding hydrogens is 493 g/mol. The van der Waals surface area contributed by atoms with Crippen LogP contribution in [0.2, 0.25) is 0 Å². The zero-order valence-corrected chi connectivity index (χ0v) is 22.7. The molecule has 3 nitrogen and oxygen atoms in total. The van der Waals surface area contributed by atoms with Crippen LogP contribution in [0.5, 0.6) is 0 Å². The van der Waals surface area contributed by atoms with Gasteiger partial charge < -0.3 is 24.8 Å². The maximum Gasteiger partial charge on any atom is 2.00 e. The standard InChI is InChI=1S/C27H31N3.2ClH.Fe/c1-18-14-20(3)26(21(4)15-18)28-12-10-24-8-7-9-25(30-24)11-13-29-27-22(5)16-19(2)17-23(27)6;;;/h7-9,12-17H,10-11H2,1-6H3;2*1H;/q;;;+2/p-2. The normalized spacial score (nSPS) is 10.6. The van der Waals surface area contributed by atoms with E-state index >= 15 is 0 Å². The summed E-state index contributed by atoms with van der Waals surface area (Å²) in [5.74, 6) is 0. The Bertz CT molecular complexity index is 993. The van der Waals surface area contributed by atoms with Crippen LogP contribution in [-0.4, -0.2) is 17.4 Å². The van der Waals surface area contributed by atoms with Crippen molar-refractivity contribution in [2.75, 3.05) is 0 Å². The average Bonchev–Trinajstić information content (AvgIpc) is 2.66. The molecule has 2 aromatic carbocycles. The van der Waals surface area contributed by atoms with Crippen LogP contribution in [0.25, 0.3) is 0 Å². The summed E-state index contributed by atoms with van der Waals surface area (Å²) in [6.07, 6.45) is 5.36. The Morgan fingerprint density at radius 1 is 0.636 bits per heavy atom. The smallest absolute Gasteiger partial charge is 1.00 e. The van der Waals surface area contributed by atoms with E-state index in [1.807, 2.05) is 12.4 Å². The van der Waals surface area contributed by atoms with Gasteiger partial charge in [0.25, 0.3) is 0 Å². The van der Waals surface area contributed by atoms with Crippen molar-refractivity contribution in [1.29, 1.82) is 0 Å². The molecule has 33 heavy (non-hydrogen) atoms. The van der Waals surface area contributed by atoms with E-state index in [1.54, 1.807) is 0 Å². The van der Waals surface area contributed by atoms with Crippen LogP contribution in [0, 0.1) is 41.5 Å². The van der Waals surface area contributed by atoms with Crippen LogP contribution in [-0.2, 0) is 29.9 Å². The third kappa shape index (κ3) is 8.72. The summed E-state index contributed by atoms with van der Waals surface area (Å²) in [6.45, 7) is 12.7. The largest absolute Gasteiger partial charge is 2.00 e. The summed E-state index contributed by atoms with van der Waals surface area (Å²) in [4.78, 5) is 14.2. The molecule has 3 rings (SSSR count). The van der Waals surface area contributed by atoms with Crippen LogP contribution >= 0.6 is 0 Å². The number of pyridine rings is 1. The Morgan fingerprint density at radius 2 is 0.970 bits per heavy atom. The molecule has 0 aliphatic heterocycles. The molecule has 0 amide bonds. The van der Waals surface area contributed by atoms with Gasteiger partial charge in [0, 0.05) is 36.7 Å². The second-order valence-electron chi connectivity index (χ2n) is 8.15. The average molecular weight is 524 g/mol. The minimum atomic E-state index is 0. The molecular formula is C27H31Cl2FeN3. The van der Waals surface area contributed by atoms with E-state index < -0.39 is 0 Å². The number of aromatic nitrogens is 1. The van der Waals surface area contributed by atoms with Gasteiger partial charge in [-0.25, -0.2) is 0 Å². The molecule has 0 aliphatic carbocycles. The van der Waals surface area contributed by atoms with Crippen LogP contribution in [0.1, 0.15) is 44.8 Å². The molecule has 0 atom stereocenters. The first-order valence-corrected chi connectivity index (χ1v) is 10.5. The molecule has 1 heterocycles. The molecule has 1 aromatic heterocycles. The molecule has 0 aliphatic rings. The van der Waals surface area contributed by atoms with Gasteiger partial charge in [0.1, 0.15) is 0 Å². The quantitative estimate of drug-likeness (QED) is 0.348. The zero-order valence-electron chi connectivity index (χ0n) is 20.1. The molecule has 0 radical (unpaired) electrons. The topological polar surface area (TPSA) is 37.6 Å². The number of hydrogen-bond acceptors (Lipinski definition) is 3. The maximum absolute atomic E-state index is 4.77. The van der Waals surface area contributed by atoms with E-state index in [4.69, 9.17) is 15.0 Å². The summed E-state index contributed by atoms with van der Waals surface area (Å²) in [6, 6.07) is 14.9. The van der Waals surface area contributed by atoms with Crippen molar-refractivity contribution in [2.24, 2.45) is 9.98 Å². The van der Waals surface area contributed by atoms with Crippen LogP contribution in [0.15, 0.2) is 52.4 Å². The molecule has 0 bridgehead atoms. The predicted molar refractivity (Wildman–Crippen MR) is 129 cm³/mol. The first-order chi connectivity index (χ1) is 14.3. The van der Waals surface area contributed by atoms with Crippen molar-refractivity contribution in [1.82, 2.24) is 4.98 Å². The monoisotopic (exact) mass is 523 g/mol. The summed E-state index contributed by atoms with van der Waals surface area (Å²) in [5.41, 5.74) is 11.6. The van der Waals surface area contributed by atoms with Gasteiger partial charge in [-0.1, -0.05) is 41.5 Å². The van der Waals surface area contributed by atoms with E-state index in [2.05, 4.69) is 84.0 Å². The Kier molecular flexibility index (Phi) is 13.5. The number of aliphatic imine (C=N–C) groups is 2. The third-order valence-corrected chi connectivity index (χ3v) is 5.18. The minimum Gasteiger partial charge on any atom is -1.00 e. The molecule has 0 unspecified atom stereocenters. The molecule has 0 saturated carbocycles. The van der Waals surface area contributed by atoms with Gasteiger partial charge in [0.05, 0.1) is 11.4 Å². The van der Waals surface area contributed by atoms with Crippen LogP contribution < -0.4 is 24.8 Å². The number of aryl methyl sites for hydroxylation is 6. The Balaban J connectivity index is 0.00000341. The van der Waals surface area contributed by atoms with Crippen molar-refractivity contribution in [3.8, 4) is 0 Å². The first-order valence-electron chi connectivity index (χ1n) is 10.5. The number of halogens is 2. The van der Waals surface area contributed by atoms with Crippen molar-refractivity contribution < 1.29 is 41.9 Å². The molecule has 0 N–H and O–H groups in total. The predicted octanol–water partition coefficient (Wildman–Crippen LogP) is 0.828. The number of nitrogens with zero attached hydrogens (tertiary/aromatic N) is 3. The van der Waals surface area contributed by atoms with Gasteiger partial charge in [-0.15, -0.1) is 0 Å². The summed E-state index contributed by atoms with van der Waals surface area (Å²) in [5, 5.41) is 0. The van der Waals surface area contributed by atoms with Gasteiger partial charge in [0.2, 0.25) is 0 Å². The first kappa shape index (κ1) is 31.0. The summed E-state index contributed by atoms with van der Waals surface area (Å²) in [7, 11) is 0. The third-order valence-electron chi connectivity index (χ3n) is 5.18. The summed E-state index contributed by atoms with van der Waals surface area (Å²) < 4.78 is 0. The van der Waals surface area contributed by atoms with Crippen LogP contribution in [0.4, 0.5) is 11.4 Å². The fourth-order valence-electron chi connectivity index (χ4n) is 3.97. The zero-order chi connectivity index (χ0) is 21.7. The van der Waals surface area contributed by atoms with Gasteiger partial charge in [-0.05, 0) is 75.9 Å². The van der Waals surface area contributed by atoms with E-state index in [0.29, 0.717) is 12.8 Å². The number of benzene rings is 2. The SMILES string of the molecule is Cc1cc(C)c(N=CCc2cccc(CC=Nc3c(C)cc(C)cc3C)n2)c(C)c1.[Cl-].[Cl-].[Fe+2]. The molecule has 0 saturated heterocycles. The van der Waals surface area contributed by atoms with Crippen molar-refractivity contribution in [2.45, 2.75) is 54.4 Å². The second kappa shape index (κ2) is 14.3. The number of hydrogen-bond donors (Lipinski definition) is 0. The van der Waals surface area contributed by atoms with Crippen LogP contribution in [0.3, 0.4) is 0 Å². The molecule has 3 aromatic rings. The fourth-order valence-corrected chi connectivity index (χ4v) is 3.97. The van der Waals surface area contributed by atoms with Crippen molar-refractivity contribution in [3.05, 3.63) is 87.2 Å². The summed E-state index contributed by atoms with van der Waals surface area (Å²) >= 11 is 0. The minimum absolute atomic E-state index is 0. The van der Waals surface area contributed by atoms with E-state index in [0.717, 1.165) is 22.8 Å². The Labute approximate surface area is 221 Å². The number of rotatable bonds is 6. The van der Waals surface area contributed by atoms with E-state index in [9.17, 15) is 0 Å². The Hall–Kier alpha value is -1.97. The van der Waals surface area contributed by atoms with Crippen molar-refractivity contribution in [3.63, 3.8) is 0 Å². The van der Waals surface area contributed by atoms with E-state index in [1.165, 1.54) is 33.4 Å². The molecule has 0 spiro atoms. The molecule has 0 fully saturated rings. The van der Waals surface area contributed by atoms with Gasteiger partial charge >= 0.3 is 17.1 Å². The molecule has 6 heteroatoms. The molecule has 176 valence electrons. The van der Waals surface area contributed by atoms with Gasteiger partial charge in [-0.2, -0.15) is 0 Å². The maximum atomic E-state index is 4.77. The van der Waals surface area contributed by atoms with Gasteiger partial charge in [-0.3, -0.25) is 15.0 Å². The Morgan fingerprint density at radius 3 is 1.30 bits per heavy atom. The fraction of sp³-hybridized carbons (Fsp3) is 0.296. The van der Waals surface area contributed by atoms with Crippen molar-refractivity contribution >= 4 is 23.8 Å². The second-order valence-corrected chi connectivity index (χ2v) is 8.15. The van der Waals surface area contributed by atoms with E-state index in [-0.39, 0.29) is 41.9 Å².